The highest BCUT2D eigenvalue weighted by atomic mass is 32.2. The third kappa shape index (κ3) is 4.01. The predicted octanol–water partition coefficient (Wildman–Crippen LogP) is 2.84. The van der Waals surface area contributed by atoms with Crippen LogP contribution in [0.1, 0.15) is 18.4 Å². The Bertz CT molecular complexity index is 1110. The number of aromatic nitrogens is 2. The number of nitrogens with two attached hydrogens (primary N) is 1. The largest absolute Gasteiger partial charge is 0.398 e. The summed E-state index contributed by atoms with van der Waals surface area (Å²) in [7, 11) is -3.64. The van der Waals surface area contributed by atoms with Crippen LogP contribution in [0.25, 0.3) is 21.9 Å². The van der Waals surface area contributed by atoms with E-state index in [2.05, 4.69) is 19.4 Å². The monoisotopic (exact) mass is 383 g/mol. The van der Waals surface area contributed by atoms with E-state index in [0.717, 1.165) is 40.3 Å². The van der Waals surface area contributed by atoms with Gasteiger partial charge >= 0.3 is 0 Å². The lowest BCUT2D eigenvalue weighted by Crippen LogP contribution is -2.31. The van der Waals surface area contributed by atoms with Gasteiger partial charge in [-0.05, 0) is 66.5 Å². The standard InChI is InChI=1S/C19H21N5O2S/c1-12-4-5-21-10-16(12)14-6-15-8-19(22-11-17(15)18(20)7-14)24-27(25,26)23-9-13-2-3-13/h4-8,10-11,13,23H,2-3,9,20H2,1H3,(H,22,24). The van der Waals surface area contributed by atoms with E-state index in [0.29, 0.717) is 18.2 Å². The normalized spacial score (nSPS) is 14.4. The van der Waals surface area contributed by atoms with Gasteiger partial charge in [-0.1, -0.05) is 0 Å². The summed E-state index contributed by atoms with van der Waals surface area (Å²) in [5.74, 6) is 0.710. The molecule has 0 spiro atoms. The molecule has 1 fully saturated rings. The van der Waals surface area contributed by atoms with E-state index in [-0.39, 0.29) is 5.82 Å². The fraction of sp³-hybridized carbons (Fsp3) is 0.263. The molecule has 0 unspecified atom stereocenters. The van der Waals surface area contributed by atoms with Crippen LogP contribution < -0.4 is 15.2 Å². The summed E-state index contributed by atoms with van der Waals surface area (Å²) in [6.45, 7) is 2.47. The van der Waals surface area contributed by atoms with E-state index < -0.39 is 10.2 Å². The van der Waals surface area contributed by atoms with Gasteiger partial charge in [0.15, 0.2) is 0 Å². The maximum absolute atomic E-state index is 12.2. The number of nitrogens with one attached hydrogen (secondary N) is 2. The van der Waals surface area contributed by atoms with Gasteiger partial charge in [-0.25, -0.2) is 4.98 Å². The molecule has 1 saturated carbocycles. The summed E-state index contributed by atoms with van der Waals surface area (Å²) in [5, 5.41) is 1.58. The Morgan fingerprint density at radius 1 is 1.22 bits per heavy atom. The SMILES string of the molecule is Cc1ccncc1-c1cc(N)c2cnc(NS(=O)(=O)NCC3CC3)cc2c1. The number of rotatable bonds is 6. The summed E-state index contributed by atoms with van der Waals surface area (Å²) in [4.78, 5) is 8.38. The van der Waals surface area contributed by atoms with E-state index in [1.165, 1.54) is 0 Å². The Morgan fingerprint density at radius 2 is 2.04 bits per heavy atom. The summed E-state index contributed by atoms with van der Waals surface area (Å²) < 4.78 is 29.4. The van der Waals surface area contributed by atoms with E-state index in [4.69, 9.17) is 5.73 Å². The molecule has 2 aromatic heterocycles. The number of pyridine rings is 2. The number of aryl methyl sites for hydroxylation is 1. The van der Waals surface area contributed by atoms with Gasteiger partial charge in [0.05, 0.1) is 0 Å². The van der Waals surface area contributed by atoms with Crippen LogP contribution in [0.3, 0.4) is 0 Å². The first-order valence-electron chi connectivity index (χ1n) is 8.79. The van der Waals surface area contributed by atoms with Crippen molar-refractivity contribution in [1.82, 2.24) is 14.7 Å². The molecule has 0 radical (unpaired) electrons. The minimum Gasteiger partial charge on any atom is -0.398 e. The molecule has 0 amide bonds. The van der Waals surface area contributed by atoms with Crippen LogP contribution in [0.5, 0.6) is 0 Å². The van der Waals surface area contributed by atoms with Crippen molar-refractivity contribution in [1.29, 1.82) is 0 Å². The van der Waals surface area contributed by atoms with Crippen molar-refractivity contribution in [2.45, 2.75) is 19.8 Å². The van der Waals surface area contributed by atoms with Crippen LogP contribution in [-0.4, -0.2) is 24.9 Å². The van der Waals surface area contributed by atoms with E-state index in [1.54, 1.807) is 24.7 Å². The Kier molecular flexibility index (Phi) is 4.45. The number of anilines is 2. The minimum atomic E-state index is -3.64. The summed E-state index contributed by atoms with van der Waals surface area (Å²) in [5.41, 5.74) is 9.78. The van der Waals surface area contributed by atoms with Gasteiger partial charge in [-0.2, -0.15) is 13.1 Å². The van der Waals surface area contributed by atoms with Crippen molar-refractivity contribution in [3.8, 4) is 11.1 Å². The molecule has 1 aliphatic rings. The third-order valence-electron chi connectivity index (χ3n) is 4.72. The zero-order valence-corrected chi connectivity index (χ0v) is 15.8. The molecular formula is C19H21N5O2S. The van der Waals surface area contributed by atoms with Gasteiger partial charge in [-0.3, -0.25) is 9.71 Å². The number of hydrogen-bond donors (Lipinski definition) is 3. The molecular weight excluding hydrogens is 362 g/mol. The highest BCUT2D eigenvalue weighted by molar-refractivity contribution is 7.90. The zero-order chi connectivity index (χ0) is 19.0. The van der Waals surface area contributed by atoms with E-state index in [1.807, 2.05) is 25.1 Å². The first kappa shape index (κ1) is 17.7. The lowest BCUT2D eigenvalue weighted by molar-refractivity contribution is 0.583. The maximum atomic E-state index is 12.2. The number of benzene rings is 1. The lowest BCUT2D eigenvalue weighted by atomic mass is 9.99. The van der Waals surface area contributed by atoms with Crippen molar-refractivity contribution >= 4 is 32.5 Å². The number of nitrogen functional groups attached to an aromatic ring is 1. The van der Waals surface area contributed by atoms with Crippen molar-refractivity contribution in [2.75, 3.05) is 17.0 Å². The van der Waals surface area contributed by atoms with E-state index in [9.17, 15) is 8.42 Å². The fourth-order valence-electron chi connectivity index (χ4n) is 2.99. The van der Waals surface area contributed by atoms with Crippen LogP contribution in [-0.2, 0) is 10.2 Å². The van der Waals surface area contributed by atoms with Gasteiger partial charge < -0.3 is 5.73 Å². The third-order valence-corrected chi connectivity index (χ3v) is 5.74. The zero-order valence-electron chi connectivity index (χ0n) is 14.9. The van der Waals surface area contributed by atoms with E-state index >= 15 is 0 Å². The van der Waals surface area contributed by atoms with Crippen molar-refractivity contribution in [3.63, 3.8) is 0 Å². The predicted molar refractivity (Wildman–Crippen MR) is 107 cm³/mol. The Labute approximate surface area is 158 Å². The molecule has 1 aliphatic carbocycles. The molecule has 0 atom stereocenters. The molecule has 0 saturated heterocycles. The Morgan fingerprint density at radius 3 is 2.78 bits per heavy atom. The van der Waals surface area contributed by atoms with Gasteiger partial charge in [0.1, 0.15) is 5.82 Å². The quantitative estimate of drug-likeness (QED) is 0.567. The molecule has 7 nitrogen and oxygen atoms in total. The molecule has 0 aliphatic heterocycles. The average molecular weight is 383 g/mol. The van der Waals surface area contributed by atoms with Crippen molar-refractivity contribution < 1.29 is 8.42 Å². The average Bonchev–Trinajstić information content (AvgIpc) is 3.44. The second kappa shape index (κ2) is 6.79. The fourth-order valence-corrected chi connectivity index (χ4v) is 3.90. The molecule has 140 valence electrons. The highest BCUT2D eigenvalue weighted by Crippen LogP contribution is 2.31. The lowest BCUT2D eigenvalue weighted by Gasteiger charge is -2.12. The smallest absolute Gasteiger partial charge is 0.300 e. The van der Waals surface area contributed by atoms with Crippen LogP contribution in [0.2, 0.25) is 0 Å². The molecule has 0 bridgehead atoms. The maximum Gasteiger partial charge on any atom is 0.300 e. The molecule has 27 heavy (non-hydrogen) atoms. The molecule has 4 rings (SSSR count). The molecule has 2 heterocycles. The molecule has 4 N–H and O–H groups in total. The number of nitrogens with zero attached hydrogens (tertiary/aromatic N) is 2. The van der Waals surface area contributed by atoms with Crippen LogP contribution in [0.15, 0.2) is 42.9 Å². The second-order valence-corrected chi connectivity index (χ2v) is 8.44. The first-order valence-corrected chi connectivity index (χ1v) is 10.3. The first-order chi connectivity index (χ1) is 12.9. The minimum absolute atomic E-state index is 0.255. The molecule has 1 aromatic carbocycles. The van der Waals surface area contributed by atoms with Gasteiger partial charge in [-0.15, -0.1) is 0 Å². The number of hydrogen-bond acceptors (Lipinski definition) is 5. The Hall–Kier alpha value is -2.71. The molecule has 8 heteroatoms. The van der Waals surface area contributed by atoms with Crippen LogP contribution in [0.4, 0.5) is 11.5 Å². The van der Waals surface area contributed by atoms with Gasteiger partial charge in [0, 0.05) is 41.8 Å². The van der Waals surface area contributed by atoms with Crippen molar-refractivity contribution in [2.24, 2.45) is 5.92 Å². The summed E-state index contributed by atoms with van der Waals surface area (Å²) >= 11 is 0. The van der Waals surface area contributed by atoms with Crippen molar-refractivity contribution in [3.05, 3.63) is 48.4 Å². The summed E-state index contributed by atoms with van der Waals surface area (Å²) in [6.07, 6.45) is 7.28. The van der Waals surface area contributed by atoms with Gasteiger partial charge in [0.25, 0.3) is 10.2 Å². The van der Waals surface area contributed by atoms with Gasteiger partial charge in [0.2, 0.25) is 0 Å². The summed E-state index contributed by atoms with van der Waals surface area (Å²) in [6, 6.07) is 7.48. The molecule has 3 aromatic rings. The topological polar surface area (TPSA) is 110 Å². The highest BCUT2D eigenvalue weighted by Gasteiger charge is 2.23. The van der Waals surface area contributed by atoms with Crippen LogP contribution >= 0.6 is 0 Å². The van der Waals surface area contributed by atoms with Crippen LogP contribution in [0, 0.1) is 12.8 Å². The number of fused-ring (bicyclic) bond motifs is 1. The second-order valence-electron chi connectivity index (χ2n) is 6.94. The Balaban J connectivity index is 1.67.